The van der Waals surface area contributed by atoms with Crippen LogP contribution >= 0.6 is 0 Å². The summed E-state index contributed by atoms with van der Waals surface area (Å²) < 4.78 is 38.8. The van der Waals surface area contributed by atoms with Crippen molar-refractivity contribution in [2.45, 2.75) is 6.92 Å². The third kappa shape index (κ3) is 3.87. The first-order valence-corrected chi connectivity index (χ1v) is 5.27. The van der Waals surface area contributed by atoms with Gasteiger partial charge >= 0.3 is 12.0 Å². The molecular formula is C11H11F3N2O3. The van der Waals surface area contributed by atoms with E-state index in [9.17, 15) is 22.8 Å². The van der Waals surface area contributed by atoms with Crippen molar-refractivity contribution in [1.29, 1.82) is 0 Å². The molecule has 104 valence electrons. The van der Waals surface area contributed by atoms with Crippen LogP contribution in [0.3, 0.4) is 0 Å². The minimum atomic E-state index is -1.38. The third-order valence-electron chi connectivity index (χ3n) is 2.25. The monoisotopic (exact) mass is 276 g/mol. The van der Waals surface area contributed by atoms with Crippen molar-refractivity contribution in [3.05, 3.63) is 29.6 Å². The second-order valence-electron chi connectivity index (χ2n) is 3.58. The normalized spacial score (nSPS) is 10.1. The van der Waals surface area contributed by atoms with Crippen molar-refractivity contribution in [2.75, 3.05) is 18.4 Å². The quantitative estimate of drug-likeness (QED) is 0.827. The van der Waals surface area contributed by atoms with Crippen molar-refractivity contribution in [1.82, 2.24) is 4.90 Å². The van der Waals surface area contributed by atoms with Gasteiger partial charge in [-0.2, -0.15) is 0 Å². The Morgan fingerprint density at radius 2 is 1.79 bits per heavy atom. The summed E-state index contributed by atoms with van der Waals surface area (Å²) in [4.78, 5) is 22.9. The lowest BCUT2D eigenvalue weighted by molar-refractivity contribution is -0.137. The second-order valence-corrected chi connectivity index (χ2v) is 3.58. The fourth-order valence-corrected chi connectivity index (χ4v) is 1.30. The fraction of sp³-hybridized carbons (Fsp3) is 0.273. The highest BCUT2D eigenvalue weighted by Crippen LogP contribution is 2.18. The summed E-state index contributed by atoms with van der Waals surface area (Å²) in [6, 6.07) is -0.148. The molecule has 0 heterocycles. The van der Waals surface area contributed by atoms with Gasteiger partial charge in [0, 0.05) is 18.7 Å². The van der Waals surface area contributed by atoms with Crippen LogP contribution in [0.15, 0.2) is 12.1 Å². The summed E-state index contributed by atoms with van der Waals surface area (Å²) in [7, 11) is 0. The number of carboxylic acids is 1. The summed E-state index contributed by atoms with van der Waals surface area (Å²) in [5.41, 5.74) is -0.562. The maximum atomic E-state index is 13.3. The van der Waals surface area contributed by atoms with Gasteiger partial charge in [0.05, 0.1) is 5.69 Å². The third-order valence-corrected chi connectivity index (χ3v) is 2.25. The number of nitrogens with zero attached hydrogens (tertiary/aromatic N) is 1. The zero-order chi connectivity index (χ0) is 14.6. The standard InChI is InChI=1S/C11H11F3N2O3/c1-2-16(5-10(17)18)11(19)15-9-4-7(13)6(12)3-8(9)14/h3-4H,2,5H2,1H3,(H,15,19)(H,17,18). The number of anilines is 1. The van der Waals surface area contributed by atoms with Crippen LogP contribution in [0.25, 0.3) is 0 Å². The van der Waals surface area contributed by atoms with E-state index < -0.39 is 41.7 Å². The van der Waals surface area contributed by atoms with Crippen LogP contribution in [0.4, 0.5) is 23.7 Å². The lowest BCUT2D eigenvalue weighted by atomic mass is 10.3. The molecule has 1 aromatic carbocycles. The number of likely N-dealkylation sites (N-methyl/N-ethyl adjacent to an activating group) is 1. The highest BCUT2D eigenvalue weighted by molar-refractivity contribution is 5.91. The van der Waals surface area contributed by atoms with Gasteiger partial charge in [0.1, 0.15) is 12.4 Å². The lowest BCUT2D eigenvalue weighted by Gasteiger charge is -2.19. The van der Waals surface area contributed by atoms with Crippen molar-refractivity contribution in [3.63, 3.8) is 0 Å². The van der Waals surface area contributed by atoms with E-state index in [0.717, 1.165) is 4.90 Å². The predicted molar refractivity (Wildman–Crippen MR) is 60.2 cm³/mol. The molecule has 1 rings (SSSR count). The van der Waals surface area contributed by atoms with E-state index in [2.05, 4.69) is 0 Å². The predicted octanol–water partition coefficient (Wildman–Crippen LogP) is 2.04. The van der Waals surface area contributed by atoms with E-state index in [0.29, 0.717) is 12.1 Å². The smallest absolute Gasteiger partial charge is 0.323 e. The molecule has 0 aliphatic rings. The lowest BCUT2D eigenvalue weighted by Crippen LogP contribution is -2.38. The van der Waals surface area contributed by atoms with Crippen LogP contribution in [-0.4, -0.2) is 35.1 Å². The van der Waals surface area contributed by atoms with E-state index in [1.54, 1.807) is 0 Å². The molecule has 8 heteroatoms. The van der Waals surface area contributed by atoms with Gasteiger partial charge in [-0.15, -0.1) is 0 Å². The maximum absolute atomic E-state index is 13.3. The topological polar surface area (TPSA) is 69.6 Å². The molecule has 0 saturated heterocycles. The molecule has 0 bridgehead atoms. The first-order valence-electron chi connectivity index (χ1n) is 5.27. The molecule has 0 atom stereocenters. The van der Waals surface area contributed by atoms with Gasteiger partial charge in [0.25, 0.3) is 0 Å². The number of carbonyl (C=O) groups excluding carboxylic acids is 1. The Kier molecular flexibility index (Phi) is 4.74. The summed E-state index contributed by atoms with van der Waals surface area (Å²) in [5.74, 6) is -5.10. The number of carbonyl (C=O) groups is 2. The Bertz CT molecular complexity index is 508. The van der Waals surface area contributed by atoms with Crippen molar-refractivity contribution < 1.29 is 27.9 Å². The molecule has 0 saturated carbocycles. The van der Waals surface area contributed by atoms with E-state index in [1.807, 2.05) is 5.32 Å². The minimum Gasteiger partial charge on any atom is -0.480 e. The minimum absolute atomic E-state index is 0.0590. The first-order chi connectivity index (χ1) is 8.85. The van der Waals surface area contributed by atoms with Gasteiger partial charge in [0.2, 0.25) is 0 Å². The molecule has 0 spiro atoms. The number of rotatable bonds is 4. The number of halogens is 3. The number of amides is 2. The van der Waals surface area contributed by atoms with E-state index >= 15 is 0 Å². The van der Waals surface area contributed by atoms with Gasteiger partial charge in [-0.25, -0.2) is 18.0 Å². The van der Waals surface area contributed by atoms with Crippen molar-refractivity contribution >= 4 is 17.7 Å². The van der Waals surface area contributed by atoms with Crippen LogP contribution in [0.1, 0.15) is 6.92 Å². The highest BCUT2D eigenvalue weighted by atomic mass is 19.2. The SMILES string of the molecule is CCN(CC(=O)O)C(=O)Nc1cc(F)c(F)cc1F. The Labute approximate surface area is 106 Å². The van der Waals surface area contributed by atoms with Crippen molar-refractivity contribution in [2.24, 2.45) is 0 Å². The summed E-state index contributed by atoms with van der Waals surface area (Å²) in [5, 5.41) is 10.5. The molecule has 0 aliphatic heterocycles. The molecule has 0 radical (unpaired) electrons. The van der Waals surface area contributed by atoms with Crippen LogP contribution in [0.5, 0.6) is 0 Å². The molecule has 0 unspecified atom stereocenters. The zero-order valence-corrected chi connectivity index (χ0v) is 9.91. The van der Waals surface area contributed by atoms with Crippen LogP contribution in [0.2, 0.25) is 0 Å². The molecule has 2 amide bonds. The van der Waals surface area contributed by atoms with Crippen LogP contribution in [0, 0.1) is 17.5 Å². The molecule has 0 aliphatic carbocycles. The second kappa shape index (κ2) is 6.07. The molecule has 0 aromatic heterocycles. The number of benzene rings is 1. The van der Waals surface area contributed by atoms with Gasteiger partial charge in [-0.1, -0.05) is 0 Å². The van der Waals surface area contributed by atoms with Crippen molar-refractivity contribution in [3.8, 4) is 0 Å². The van der Waals surface area contributed by atoms with Gasteiger partial charge in [-0.05, 0) is 6.92 Å². The Balaban J connectivity index is 2.86. The maximum Gasteiger partial charge on any atom is 0.323 e. The summed E-state index contributed by atoms with van der Waals surface area (Å²) >= 11 is 0. The zero-order valence-electron chi connectivity index (χ0n) is 9.91. The fourth-order valence-electron chi connectivity index (χ4n) is 1.30. The Morgan fingerprint density at radius 1 is 1.21 bits per heavy atom. The number of urea groups is 1. The molecular weight excluding hydrogens is 265 g/mol. The molecule has 1 aromatic rings. The van der Waals surface area contributed by atoms with Crippen LogP contribution < -0.4 is 5.32 Å². The number of carboxylic acid groups (broad SMARTS) is 1. The Hall–Kier alpha value is -2.25. The van der Waals surface area contributed by atoms with E-state index in [1.165, 1.54) is 6.92 Å². The molecule has 2 N–H and O–H groups in total. The number of nitrogens with one attached hydrogen (secondary N) is 1. The number of hydrogen-bond acceptors (Lipinski definition) is 2. The highest BCUT2D eigenvalue weighted by Gasteiger charge is 2.17. The summed E-state index contributed by atoms with van der Waals surface area (Å²) in [6.45, 7) is 0.987. The van der Waals surface area contributed by atoms with Crippen LogP contribution in [-0.2, 0) is 4.79 Å². The number of aliphatic carboxylic acids is 1. The first kappa shape index (κ1) is 14.8. The average Bonchev–Trinajstić information content (AvgIpc) is 2.32. The van der Waals surface area contributed by atoms with Gasteiger partial charge in [0.15, 0.2) is 11.6 Å². The van der Waals surface area contributed by atoms with Gasteiger partial charge < -0.3 is 15.3 Å². The molecule has 0 fully saturated rings. The Morgan fingerprint density at radius 3 is 2.32 bits per heavy atom. The number of hydrogen-bond donors (Lipinski definition) is 2. The largest absolute Gasteiger partial charge is 0.480 e. The van der Waals surface area contributed by atoms with E-state index in [-0.39, 0.29) is 6.54 Å². The van der Waals surface area contributed by atoms with E-state index in [4.69, 9.17) is 5.11 Å². The molecule has 5 nitrogen and oxygen atoms in total. The molecule has 19 heavy (non-hydrogen) atoms. The summed E-state index contributed by atoms with van der Waals surface area (Å²) in [6.07, 6.45) is 0. The van der Waals surface area contributed by atoms with Gasteiger partial charge in [-0.3, -0.25) is 4.79 Å². The average molecular weight is 276 g/mol.